The van der Waals surface area contributed by atoms with Crippen LogP contribution >= 0.6 is 0 Å². The predicted octanol–water partition coefficient (Wildman–Crippen LogP) is 0.960. The van der Waals surface area contributed by atoms with E-state index in [1.165, 1.54) is 0 Å². The summed E-state index contributed by atoms with van der Waals surface area (Å²) in [6, 6.07) is 0.322. The molecule has 0 bridgehead atoms. The van der Waals surface area contributed by atoms with Crippen molar-refractivity contribution in [1.29, 1.82) is 0 Å². The van der Waals surface area contributed by atoms with Crippen LogP contribution < -0.4 is 22.3 Å². The summed E-state index contributed by atoms with van der Waals surface area (Å²) in [5.41, 5.74) is 9.86. The van der Waals surface area contributed by atoms with Gasteiger partial charge in [0.15, 0.2) is 0 Å². The second-order valence-corrected chi connectivity index (χ2v) is 3.75. The maximum Gasteiger partial charge on any atom is 0.149 e. The van der Waals surface area contributed by atoms with E-state index in [0.717, 1.165) is 12.1 Å². The molecule has 0 atom stereocenters. The van der Waals surface area contributed by atoms with Crippen molar-refractivity contribution < 1.29 is 0 Å². The molecule has 0 aromatic carbocycles. The SMILES string of the molecule is CC/C=C/N=C(N)/C(NN)=C(\C)NC(C)C. The largest absolute Gasteiger partial charge is 0.385 e. The molecule has 0 saturated heterocycles. The van der Waals surface area contributed by atoms with Gasteiger partial charge >= 0.3 is 0 Å². The van der Waals surface area contributed by atoms with E-state index in [0.29, 0.717) is 17.6 Å². The Labute approximate surface area is 97.7 Å². The standard InChI is InChI=1S/C11H23N5/c1-5-6-7-14-11(12)10(16-13)9(4)15-8(2)3/h6-8,15-16H,5,13H2,1-4H3,(H2,12,14)/b7-6+,10-9-. The lowest BCUT2D eigenvalue weighted by atomic mass is 10.3. The Kier molecular flexibility index (Phi) is 7.03. The smallest absolute Gasteiger partial charge is 0.149 e. The van der Waals surface area contributed by atoms with Gasteiger partial charge in [0.2, 0.25) is 0 Å². The van der Waals surface area contributed by atoms with Crippen molar-refractivity contribution in [2.45, 2.75) is 40.2 Å². The van der Waals surface area contributed by atoms with E-state index in [4.69, 9.17) is 11.6 Å². The number of nitrogens with zero attached hydrogens (tertiary/aromatic N) is 1. The topological polar surface area (TPSA) is 88.5 Å². The number of hydrogen-bond donors (Lipinski definition) is 4. The number of rotatable bonds is 6. The Hall–Kier alpha value is -1.49. The van der Waals surface area contributed by atoms with Gasteiger partial charge < -0.3 is 16.5 Å². The minimum atomic E-state index is 0.322. The van der Waals surface area contributed by atoms with Gasteiger partial charge in [0, 0.05) is 17.9 Å². The maximum absolute atomic E-state index is 5.80. The zero-order valence-electron chi connectivity index (χ0n) is 10.5. The van der Waals surface area contributed by atoms with Crippen LogP contribution in [-0.4, -0.2) is 11.9 Å². The molecule has 92 valence electrons. The van der Waals surface area contributed by atoms with E-state index in [9.17, 15) is 0 Å². The molecule has 0 aromatic rings. The number of hydrogen-bond acceptors (Lipinski definition) is 4. The molecule has 16 heavy (non-hydrogen) atoms. The maximum atomic E-state index is 5.80. The van der Waals surface area contributed by atoms with E-state index in [1.807, 2.05) is 33.8 Å². The Morgan fingerprint density at radius 3 is 2.50 bits per heavy atom. The number of amidine groups is 1. The number of hydrazine groups is 1. The van der Waals surface area contributed by atoms with Crippen LogP contribution in [0.1, 0.15) is 34.1 Å². The molecule has 0 aliphatic heterocycles. The molecule has 0 radical (unpaired) electrons. The van der Waals surface area contributed by atoms with Crippen molar-refractivity contribution in [2.75, 3.05) is 0 Å². The van der Waals surface area contributed by atoms with E-state index in [-0.39, 0.29) is 0 Å². The van der Waals surface area contributed by atoms with Gasteiger partial charge in [0.25, 0.3) is 0 Å². The summed E-state index contributed by atoms with van der Waals surface area (Å²) in [4.78, 5) is 4.09. The van der Waals surface area contributed by atoms with Crippen molar-refractivity contribution in [3.05, 3.63) is 23.7 Å². The lowest BCUT2D eigenvalue weighted by Gasteiger charge is -2.15. The van der Waals surface area contributed by atoms with Gasteiger partial charge in [-0.15, -0.1) is 0 Å². The van der Waals surface area contributed by atoms with Gasteiger partial charge in [-0.2, -0.15) is 0 Å². The molecule has 5 heteroatoms. The summed E-state index contributed by atoms with van der Waals surface area (Å²) < 4.78 is 0. The minimum Gasteiger partial charge on any atom is -0.385 e. The van der Waals surface area contributed by atoms with E-state index in [2.05, 4.69) is 15.7 Å². The second-order valence-electron chi connectivity index (χ2n) is 3.75. The van der Waals surface area contributed by atoms with E-state index < -0.39 is 0 Å². The van der Waals surface area contributed by atoms with Crippen LogP contribution in [0.4, 0.5) is 0 Å². The first-order chi connectivity index (χ1) is 7.52. The molecule has 0 aromatic heterocycles. The van der Waals surface area contributed by atoms with Gasteiger partial charge in [0.05, 0.1) is 0 Å². The summed E-state index contributed by atoms with van der Waals surface area (Å²) in [7, 11) is 0. The van der Waals surface area contributed by atoms with Gasteiger partial charge in [-0.3, -0.25) is 5.84 Å². The molecular weight excluding hydrogens is 202 g/mol. The average molecular weight is 225 g/mol. The highest BCUT2D eigenvalue weighted by Crippen LogP contribution is 1.99. The quantitative estimate of drug-likeness (QED) is 0.235. The molecule has 5 nitrogen and oxygen atoms in total. The highest BCUT2D eigenvalue weighted by molar-refractivity contribution is 5.97. The summed E-state index contributed by atoms with van der Waals surface area (Å²) in [5.74, 6) is 5.79. The van der Waals surface area contributed by atoms with Crippen LogP contribution in [0.15, 0.2) is 28.7 Å². The van der Waals surface area contributed by atoms with Gasteiger partial charge in [-0.05, 0) is 27.2 Å². The molecule has 0 rings (SSSR count). The highest BCUT2D eigenvalue weighted by atomic mass is 15.2. The van der Waals surface area contributed by atoms with Crippen LogP contribution in [0.2, 0.25) is 0 Å². The first-order valence-corrected chi connectivity index (χ1v) is 5.45. The van der Waals surface area contributed by atoms with Crippen LogP contribution in [0.25, 0.3) is 0 Å². The molecule has 0 aliphatic carbocycles. The first kappa shape index (κ1) is 14.5. The van der Waals surface area contributed by atoms with Crippen LogP contribution in [-0.2, 0) is 0 Å². The van der Waals surface area contributed by atoms with Crippen molar-refractivity contribution in [2.24, 2.45) is 16.6 Å². The van der Waals surface area contributed by atoms with Gasteiger partial charge in [-0.25, -0.2) is 4.99 Å². The number of nitrogens with two attached hydrogens (primary N) is 2. The summed E-state index contributed by atoms with van der Waals surface area (Å²) >= 11 is 0. The summed E-state index contributed by atoms with van der Waals surface area (Å²) in [6.45, 7) is 8.02. The fourth-order valence-electron chi connectivity index (χ4n) is 1.18. The first-order valence-electron chi connectivity index (χ1n) is 5.45. The molecule has 0 unspecified atom stereocenters. The van der Waals surface area contributed by atoms with Crippen molar-refractivity contribution in [3.63, 3.8) is 0 Å². The molecule has 0 aliphatic rings. The molecule has 0 heterocycles. The summed E-state index contributed by atoms with van der Waals surface area (Å²) in [5, 5.41) is 3.22. The lowest BCUT2D eigenvalue weighted by molar-refractivity contribution is 0.658. The normalized spacial score (nSPS) is 14.2. The van der Waals surface area contributed by atoms with Gasteiger partial charge in [0.1, 0.15) is 11.5 Å². The molecule has 0 fully saturated rings. The highest BCUT2D eigenvalue weighted by Gasteiger charge is 2.06. The molecule has 0 amide bonds. The molecular formula is C11H23N5. The number of aliphatic imine (C=N–C) groups is 1. The van der Waals surface area contributed by atoms with Crippen molar-refractivity contribution in [3.8, 4) is 0 Å². The second kappa shape index (κ2) is 7.76. The fourth-order valence-corrected chi connectivity index (χ4v) is 1.18. The van der Waals surface area contributed by atoms with Crippen molar-refractivity contribution >= 4 is 5.84 Å². The Morgan fingerprint density at radius 1 is 1.44 bits per heavy atom. The number of allylic oxidation sites excluding steroid dienone is 2. The molecule has 0 saturated carbocycles. The average Bonchev–Trinajstić information content (AvgIpc) is 2.18. The monoisotopic (exact) mass is 225 g/mol. The predicted molar refractivity (Wildman–Crippen MR) is 69.3 cm³/mol. The fraction of sp³-hybridized carbons (Fsp3) is 0.545. The zero-order chi connectivity index (χ0) is 12.6. The molecule has 6 N–H and O–H groups in total. The number of nitrogens with one attached hydrogen (secondary N) is 2. The Balaban J connectivity index is 4.82. The van der Waals surface area contributed by atoms with Crippen LogP contribution in [0.3, 0.4) is 0 Å². The van der Waals surface area contributed by atoms with Crippen molar-refractivity contribution in [1.82, 2.24) is 10.7 Å². The van der Waals surface area contributed by atoms with E-state index in [1.54, 1.807) is 6.20 Å². The minimum absolute atomic E-state index is 0.322. The lowest BCUT2D eigenvalue weighted by Crippen LogP contribution is -2.36. The third-order valence-electron chi connectivity index (χ3n) is 1.84. The Morgan fingerprint density at radius 2 is 2.06 bits per heavy atom. The third kappa shape index (κ3) is 5.41. The van der Waals surface area contributed by atoms with Crippen LogP contribution in [0, 0.1) is 0 Å². The zero-order valence-corrected chi connectivity index (χ0v) is 10.5. The Bertz CT molecular complexity index is 289. The van der Waals surface area contributed by atoms with Crippen LogP contribution in [0.5, 0.6) is 0 Å². The van der Waals surface area contributed by atoms with Gasteiger partial charge in [-0.1, -0.05) is 13.0 Å². The molecule has 0 spiro atoms. The third-order valence-corrected chi connectivity index (χ3v) is 1.84. The summed E-state index contributed by atoms with van der Waals surface area (Å²) in [6.07, 6.45) is 4.52. The van der Waals surface area contributed by atoms with E-state index >= 15 is 0 Å².